The van der Waals surface area contributed by atoms with Crippen LogP contribution < -0.4 is 9.62 Å². The average Bonchev–Trinajstić information content (AvgIpc) is 2.59. The minimum Gasteiger partial charge on any atom is -0.354 e. The fraction of sp³-hybridized carbons (Fsp3) is 0.263. The molecule has 138 valence electrons. The first-order valence-corrected chi connectivity index (χ1v) is 10.0. The van der Waals surface area contributed by atoms with Crippen molar-refractivity contribution >= 4 is 27.4 Å². The van der Waals surface area contributed by atoms with Crippen LogP contribution in [0.5, 0.6) is 0 Å². The quantitative estimate of drug-likeness (QED) is 0.717. The molecule has 6 nitrogen and oxygen atoms in total. The molecule has 0 unspecified atom stereocenters. The van der Waals surface area contributed by atoms with E-state index in [1.165, 1.54) is 13.0 Å². The van der Waals surface area contributed by atoms with Crippen molar-refractivity contribution in [3.8, 4) is 0 Å². The van der Waals surface area contributed by atoms with E-state index in [-0.39, 0.29) is 12.3 Å². The van der Waals surface area contributed by atoms with Gasteiger partial charge in [-0.1, -0.05) is 42.5 Å². The van der Waals surface area contributed by atoms with Crippen molar-refractivity contribution in [3.63, 3.8) is 0 Å². The molecule has 0 aliphatic rings. The maximum Gasteiger partial charge on any atom is 0.240 e. The highest BCUT2D eigenvalue weighted by molar-refractivity contribution is 7.92. The number of benzene rings is 2. The summed E-state index contributed by atoms with van der Waals surface area (Å²) in [6.45, 7) is 1.48. The van der Waals surface area contributed by atoms with Crippen LogP contribution in [0.2, 0.25) is 0 Å². The molecular formula is C19H22N2O4S. The van der Waals surface area contributed by atoms with Crippen LogP contribution in [0.15, 0.2) is 54.6 Å². The molecule has 7 heteroatoms. The number of sulfonamides is 1. The molecule has 0 atom stereocenters. The van der Waals surface area contributed by atoms with Gasteiger partial charge >= 0.3 is 0 Å². The SMILES string of the molecule is CC(=O)c1cccc(N(CC(=O)NCCc2ccccc2)S(C)(=O)=O)c1. The molecule has 0 saturated carbocycles. The molecule has 0 heterocycles. The van der Waals surface area contributed by atoms with Crippen LogP contribution >= 0.6 is 0 Å². The maximum atomic E-state index is 12.2. The van der Waals surface area contributed by atoms with E-state index in [0.29, 0.717) is 24.2 Å². The van der Waals surface area contributed by atoms with E-state index in [1.807, 2.05) is 30.3 Å². The Morgan fingerprint density at radius 3 is 2.35 bits per heavy atom. The van der Waals surface area contributed by atoms with Crippen molar-refractivity contribution in [3.05, 3.63) is 65.7 Å². The largest absolute Gasteiger partial charge is 0.354 e. The van der Waals surface area contributed by atoms with Gasteiger partial charge in [-0.3, -0.25) is 13.9 Å². The first-order valence-electron chi connectivity index (χ1n) is 8.16. The molecule has 2 aromatic rings. The highest BCUT2D eigenvalue weighted by atomic mass is 32.2. The molecule has 0 saturated heterocycles. The van der Waals surface area contributed by atoms with Crippen LogP contribution in [-0.2, 0) is 21.2 Å². The van der Waals surface area contributed by atoms with Gasteiger partial charge in [-0.15, -0.1) is 0 Å². The molecule has 1 N–H and O–H groups in total. The van der Waals surface area contributed by atoms with E-state index in [9.17, 15) is 18.0 Å². The van der Waals surface area contributed by atoms with Crippen LogP contribution in [0.25, 0.3) is 0 Å². The Balaban J connectivity index is 2.05. The molecule has 2 rings (SSSR count). The second kappa shape index (κ2) is 8.62. The number of nitrogens with one attached hydrogen (secondary N) is 1. The fourth-order valence-electron chi connectivity index (χ4n) is 2.46. The summed E-state index contributed by atoms with van der Waals surface area (Å²) >= 11 is 0. The summed E-state index contributed by atoms with van der Waals surface area (Å²) in [6, 6.07) is 15.9. The number of anilines is 1. The normalized spacial score (nSPS) is 11.0. The number of Topliss-reactive ketones (excluding diaryl/α,β-unsaturated/α-hetero) is 1. The zero-order valence-electron chi connectivity index (χ0n) is 14.8. The predicted octanol–water partition coefficient (Wildman–Crippen LogP) is 2.01. The molecule has 0 aromatic heterocycles. The molecule has 0 aliphatic carbocycles. The predicted molar refractivity (Wildman–Crippen MR) is 102 cm³/mol. The van der Waals surface area contributed by atoms with Crippen molar-refractivity contribution in [2.75, 3.05) is 23.7 Å². The van der Waals surface area contributed by atoms with Crippen molar-refractivity contribution in [1.29, 1.82) is 0 Å². The lowest BCUT2D eigenvalue weighted by atomic mass is 10.1. The van der Waals surface area contributed by atoms with Gasteiger partial charge in [-0.2, -0.15) is 0 Å². The van der Waals surface area contributed by atoms with Gasteiger partial charge in [-0.05, 0) is 31.0 Å². The third-order valence-corrected chi connectivity index (χ3v) is 4.95. The number of ketones is 1. The molecule has 1 amide bonds. The molecule has 26 heavy (non-hydrogen) atoms. The van der Waals surface area contributed by atoms with E-state index in [0.717, 1.165) is 16.1 Å². The summed E-state index contributed by atoms with van der Waals surface area (Å²) in [5.74, 6) is -0.577. The minimum atomic E-state index is -3.67. The summed E-state index contributed by atoms with van der Waals surface area (Å²) < 4.78 is 25.2. The molecule has 0 aliphatic heterocycles. The first-order chi connectivity index (χ1) is 12.3. The minimum absolute atomic E-state index is 0.174. The fourth-order valence-corrected chi connectivity index (χ4v) is 3.31. The van der Waals surface area contributed by atoms with E-state index in [1.54, 1.807) is 18.2 Å². The number of amides is 1. The van der Waals surface area contributed by atoms with Crippen LogP contribution in [0.4, 0.5) is 5.69 Å². The van der Waals surface area contributed by atoms with Crippen molar-refractivity contribution in [2.24, 2.45) is 0 Å². The average molecular weight is 374 g/mol. The number of carbonyl (C=O) groups excluding carboxylic acids is 2. The molecule has 0 fully saturated rings. The zero-order valence-corrected chi connectivity index (χ0v) is 15.6. The summed E-state index contributed by atoms with van der Waals surface area (Å²) in [5.41, 5.74) is 1.76. The van der Waals surface area contributed by atoms with Crippen molar-refractivity contribution in [1.82, 2.24) is 5.32 Å². The summed E-state index contributed by atoms with van der Waals surface area (Å²) in [4.78, 5) is 23.7. The van der Waals surface area contributed by atoms with Crippen LogP contribution in [0.3, 0.4) is 0 Å². The molecular weight excluding hydrogens is 352 g/mol. The summed E-state index contributed by atoms with van der Waals surface area (Å²) in [6.07, 6.45) is 1.69. The van der Waals surface area contributed by atoms with Gasteiger partial charge in [-0.25, -0.2) is 8.42 Å². The lowest BCUT2D eigenvalue weighted by Crippen LogP contribution is -2.41. The zero-order chi connectivity index (χ0) is 19.2. The lowest BCUT2D eigenvalue weighted by molar-refractivity contribution is -0.119. The number of rotatable bonds is 8. The van der Waals surface area contributed by atoms with Gasteiger partial charge in [0.25, 0.3) is 0 Å². The van der Waals surface area contributed by atoms with E-state index < -0.39 is 15.9 Å². The highest BCUT2D eigenvalue weighted by Gasteiger charge is 2.21. The molecule has 0 bridgehead atoms. The molecule has 0 radical (unpaired) electrons. The monoisotopic (exact) mass is 374 g/mol. The second-order valence-electron chi connectivity index (χ2n) is 5.96. The summed E-state index contributed by atoms with van der Waals surface area (Å²) in [7, 11) is -3.67. The number of hydrogen-bond acceptors (Lipinski definition) is 4. The summed E-state index contributed by atoms with van der Waals surface area (Å²) in [5, 5.41) is 2.73. The second-order valence-corrected chi connectivity index (χ2v) is 7.87. The Morgan fingerprint density at radius 2 is 1.73 bits per heavy atom. The van der Waals surface area contributed by atoms with Gasteiger partial charge in [0.2, 0.25) is 15.9 Å². The Labute approximate surface area is 153 Å². The van der Waals surface area contributed by atoms with Crippen LogP contribution in [-0.4, -0.2) is 39.5 Å². The van der Waals surface area contributed by atoms with Crippen molar-refractivity contribution < 1.29 is 18.0 Å². The molecule has 0 spiro atoms. The van der Waals surface area contributed by atoms with Gasteiger partial charge in [0.1, 0.15) is 6.54 Å². The lowest BCUT2D eigenvalue weighted by Gasteiger charge is -2.22. The molecule has 2 aromatic carbocycles. The standard InChI is InChI=1S/C19H22N2O4S/c1-15(22)17-9-6-10-18(13-17)21(26(2,24)25)14-19(23)20-12-11-16-7-4-3-5-8-16/h3-10,13H,11-12,14H2,1-2H3,(H,20,23). The number of carbonyl (C=O) groups is 2. The highest BCUT2D eigenvalue weighted by Crippen LogP contribution is 2.19. The Kier molecular flexibility index (Phi) is 6.52. The third-order valence-electron chi connectivity index (χ3n) is 3.81. The maximum absolute atomic E-state index is 12.2. The topological polar surface area (TPSA) is 83.6 Å². The number of nitrogens with zero attached hydrogens (tertiary/aromatic N) is 1. The Morgan fingerprint density at radius 1 is 1.04 bits per heavy atom. The van der Waals surface area contributed by atoms with Gasteiger partial charge in [0.15, 0.2) is 5.78 Å². The first kappa shape index (κ1) is 19.7. The van der Waals surface area contributed by atoms with Gasteiger partial charge in [0, 0.05) is 12.1 Å². The van der Waals surface area contributed by atoms with Gasteiger partial charge < -0.3 is 5.32 Å². The van der Waals surface area contributed by atoms with E-state index in [4.69, 9.17) is 0 Å². The van der Waals surface area contributed by atoms with Crippen molar-refractivity contribution in [2.45, 2.75) is 13.3 Å². The Bertz CT molecular complexity index is 879. The number of hydrogen-bond donors (Lipinski definition) is 1. The van der Waals surface area contributed by atoms with Crippen LogP contribution in [0.1, 0.15) is 22.8 Å². The van der Waals surface area contributed by atoms with E-state index >= 15 is 0 Å². The van der Waals surface area contributed by atoms with Crippen LogP contribution in [0, 0.1) is 0 Å². The van der Waals surface area contributed by atoms with E-state index in [2.05, 4.69) is 5.32 Å². The smallest absolute Gasteiger partial charge is 0.240 e. The Hall–Kier alpha value is -2.67. The third kappa shape index (κ3) is 5.70. The van der Waals surface area contributed by atoms with Gasteiger partial charge in [0.05, 0.1) is 11.9 Å².